The molecule has 1 aliphatic rings. The van der Waals surface area contributed by atoms with E-state index in [0.29, 0.717) is 13.2 Å². The number of anilines is 1. The molecular weight excluding hydrogens is 324 g/mol. The van der Waals surface area contributed by atoms with Crippen LogP contribution in [0.15, 0.2) is 28.0 Å². The Labute approximate surface area is 135 Å². The lowest BCUT2D eigenvalue weighted by molar-refractivity contribution is -0.116. The van der Waals surface area contributed by atoms with Crippen LogP contribution in [0.25, 0.3) is 0 Å². The third kappa shape index (κ3) is 3.81. The van der Waals surface area contributed by atoms with Crippen molar-refractivity contribution in [2.75, 3.05) is 31.7 Å². The molecule has 1 heterocycles. The zero-order chi connectivity index (χ0) is 16.3. The van der Waals surface area contributed by atoms with Gasteiger partial charge in [-0.3, -0.25) is 4.79 Å². The van der Waals surface area contributed by atoms with Gasteiger partial charge in [0.25, 0.3) is 0 Å². The number of ether oxygens (including phenoxy) is 1. The van der Waals surface area contributed by atoms with Crippen molar-refractivity contribution in [3.05, 3.63) is 18.2 Å². The van der Waals surface area contributed by atoms with Gasteiger partial charge >= 0.3 is 0 Å². The number of methoxy groups -OCH3 is 1. The maximum Gasteiger partial charge on any atom is 0.240 e. The third-order valence-electron chi connectivity index (χ3n) is 3.28. The summed E-state index contributed by atoms with van der Waals surface area (Å²) in [5, 5.41) is 0.218. The molecule has 0 radical (unpaired) electrons. The topological polar surface area (TPSA) is 75.7 Å². The molecular formula is C14H20N2O4S2. The smallest absolute Gasteiger partial charge is 0.240 e. The number of sulfonamides is 1. The van der Waals surface area contributed by atoms with Crippen molar-refractivity contribution >= 4 is 33.4 Å². The highest BCUT2D eigenvalue weighted by molar-refractivity contribution is 8.00. The molecule has 2 rings (SSSR count). The fraction of sp³-hybridized carbons (Fsp3) is 0.500. The molecule has 0 fully saturated rings. The van der Waals surface area contributed by atoms with E-state index in [1.807, 2.05) is 6.92 Å². The number of rotatable bonds is 5. The Hall–Kier alpha value is -1.09. The van der Waals surface area contributed by atoms with Gasteiger partial charge in [-0.15, -0.1) is 11.8 Å². The summed E-state index contributed by atoms with van der Waals surface area (Å²) >= 11 is 1.58. The Balaban J connectivity index is 2.31. The van der Waals surface area contributed by atoms with Crippen molar-refractivity contribution < 1.29 is 17.9 Å². The minimum Gasteiger partial charge on any atom is -0.383 e. The largest absolute Gasteiger partial charge is 0.383 e. The number of benzene rings is 1. The van der Waals surface area contributed by atoms with Crippen molar-refractivity contribution in [3.63, 3.8) is 0 Å². The summed E-state index contributed by atoms with van der Waals surface area (Å²) < 4.78 is 31.8. The van der Waals surface area contributed by atoms with Gasteiger partial charge in [-0.2, -0.15) is 0 Å². The standard InChI is InChI=1S/C14H20N2O4S2/c1-10-9-16(11(2)17)13-5-4-12(8-14(13)21-10)22(18,19)15-6-7-20-3/h4-5,8,10,15H,6-7,9H2,1-3H3. The first-order valence-electron chi connectivity index (χ1n) is 6.92. The molecule has 1 aliphatic heterocycles. The number of amides is 1. The fourth-order valence-electron chi connectivity index (χ4n) is 2.25. The third-order valence-corrected chi connectivity index (χ3v) is 5.87. The molecule has 8 heteroatoms. The Morgan fingerprint density at radius 1 is 1.50 bits per heavy atom. The SMILES string of the molecule is COCCNS(=O)(=O)c1ccc2c(c1)SC(C)CN2C(C)=O. The summed E-state index contributed by atoms with van der Waals surface area (Å²) in [4.78, 5) is 14.4. The molecule has 0 saturated heterocycles. The van der Waals surface area contributed by atoms with E-state index in [0.717, 1.165) is 10.6 Å². The van der Waals surface area contributed by atoms with Crippen LogP contribution in [0.2, 0.25) is 0 Å². The summed E-state index contributed by atoms with van der Waals surface area (Å²) in [5.74, 6) is -0.0396. The maximum atomic E-state index is 12.2. The monoisotopic (exact) mass is 344 g/mol. The maximum absolute atomic E-state index is 12.2. The summed E-state index contributed by atoms with van der Waals surface area (Å²) in [6.07, 6.45) is 0. The molecule has 1 aromatic rings. The Kier molecular flexibility index (Phi) is 5.49. The molecule has 6 nitrogen and oxygen atoms in total. The lowest BCUT2D eigenvalue weighted by Crippen LogP contribution is -2.37. The van der Waals surface area contributed by atoms with Gasteiger partial charge in [0.15, 0.2) is 0 Å². The van der Waals surface area contributed by atoms with Crippen LogP contribution in [0.1, 0.15) is 13.8 Å². The fourth-order valence-corrected chi connectivity index (χ4v) is 4.51. The normalized spacial score (nSPS) is 18.1. The van der Waals surface area contributed by atoms with E-state index in [-0.39, 0.29) is 22.6 Å². The predicted molar refractivity (Wildman–Crippen MR) is 86.9 cm³/mol. The zero-order valence-electron chi connectivity index (χ0n) is 12.8. The number of carbonyl (C=O) groups excluding carboxylic acids is 1. The minimum absolute atomic E-state index is 0.0396. The van der Waals surface area contributed by atoms with Gasteiger partial charge < -0.3 is 9.64 Å². The molecule has 1 atom stereocenters. The van der Waals surface area contributed by atoms with Crippen LogP contribution in [-0.4, -0.2) is 46.4 Å². The van der Waals surface area contributed by atoms with Gasteiger partial charge in [-0.1, -0.05) is 6.92 Å². The number of carbonyl (C=O) groups is 1. The first-order chi connectivity index (χ1) is 10.3. The Bertz CT molecular complexity index is 661. The van der Waals surface area contributed by atoms with Crippen molar-refractivity contribution in [2.45, 2.75) is 28.9 Å². The van der Waals surface area contributed by atoms with E-state index in [1.165, 1.54) is 20.1 Å². The lowest BCUT2D eigenvalue weighted by atomic mass is 10.2. The van der Waals surface area contributed by atoms with Crippen LogP contribution in [-0.2, 0) is 19.6 Å². The molecule has 0 spiro atoms. The highest BCUT2D eigenvalue weighted by Gasteiger charge is 2.26. The van der Waals surface area contributed by atoms with Gasteiger partial charge in [0.2, 0.25) is 15.9 Å². The van der Waals surface area contributed by atoms with Gasteiger partial charge in [-0.25, -0.2) is 13.1 Å². The summed E-state index contributed by atoms with van der Waals surface area (Å²) in [5.41, 5.74) is 0.770. The molecule has 1 unspecified atom stereocenters. The number of nitrogens with zero attached hydrogens (tertiary/aromatic N) is 1. The van der Waals surface area contributed by atoms with E-state index >= 15 is 0 Å². The lowest BCUT2D eigenvalue weighted by Gasteiger charge is -2.32. The summed E-state index contributed by atoms with van der Waals surface area (Å²) in [7, 11) is -2.05. The number of hydrogen-bond acceptors (Lipinski definition) is 5. The van der Waals surface area contributed by atoms with Crippen LogP contribution in [0, 0.1) is 0 Å². The van der Waals surface area contributed by atoms with E-state index in [1.54, 1.807) is 28.8 Å². The predicted octanol–water partition coefficient (Wildman–Crippen LogP) is 1.46. The summed E-state index contributed by atoms with van der Waals surface area (Å²) in [6.45, 7) is 4.70. The molecule has 1 amide bonds. The quantitative estimate of drug-likeness (QED) is 0.819. The van der Waals surface area contributed by atoms with E-state index in [2.05, 4.69) is 4.72 Å². The average Bonchev–Trinajstić information content (AvgIpc) is 2.45. The van der Waals surface area contributed by atoms with E-state index < -0.39 is 10.0 Å². The first-order valence-corrected chi connectivity index (χ1v) is 9.29. The van der Waals surface area contributed by atoms with E-state index in [4.69, 9.17) is 4.74 Å². The van der Waals surface area contributed by atoms with Gasteiger partial charge in [0.1, 0.15) is 0 Å². The Morgan fingerprint density at radius 3 is 2.86 bits per heavy atom. The van der Waals surface area contributed by atoms with Crippen molar-refractivity contribution in [2.24, 2.45) is 0 Å². The second-order valence-electron chi connectivity index (χ2n) is 5.08. The van der Waals surface area contributed by atoms with Crippen LogP contribution in [0.5, 0.6) is 0 Å². The minimum atomic E-state index is -3.57. The van der Waals surface area contributed by atoms with E-state index in [9.17, 15) is 13.2 Å². The average molecular weight is 344 g/mol. The molecule has 0 aliphatic carbocycles. The first kappa shape index (κ1) is 17.3. The van der Waals surface area contributed by atoms with Crippen molar-refractivity contribution in [1.29, 1.82) is 0 Å². The van der Waals surface area contributed by atoms with Gasteiger partial charge in [0.05, 0.1) is 17.2 Å². The van der Waals surface area contributed by atoms with Crippen LogP contribution in [0.3, 0.4) is 0 Å². The van der Waals surface area contributed by atoms with Crippen molar-refractivity contribution in [1.82, 2.24) is 4.72 Å². The second-order valence-corrected chi connectivity index (χ2v) is 8.33. The number of thioether (sulfide) groups is 1. The second kappa shape index (κ2) is 6.99. The molecule has 0 bridgehead atoms. The molecule has 0 saturated carbocycles. The van der Waals surface area contributed by atoms with Crippen molar-refractivity contribution in [3.8, 4) is 0 Å². The van der Waals surface area contributed by atoms with Crippen LogP contribution < -0.4 is 9.62 Å². The summed E-state index contributed by atoms with van der Waals surface area (Å²) in [6, 6.07) is 4.85. The number of fused-ring (bicyclic) bond motifs is 1. The Morgan fingerprint density at radius 2 is 2.23 bits per heavy atom. The highest BCUT2D eigenvalue weighted by atomic mass is 32.2. The molecule has 122 valence electrons. The number of nitrogens with one attached hydrogen (secondary N) is 1. The van der Waals surface area contributed by atoms with Crippen LogP contribution in [0.4, 0.5) is 5.69 Å². The van der Waals surface area contributed by atoms with Gasteiger partial charge in [0, 0.05) is 37.3 Å². The zero-order valence-corrected chi connectivity index (χ0v) is 14.5. The molecule has 22 heavy (non-hydrogen) atoms. The molecule has 1 aromatic carbocycles. The molecule has 0 aromatic heterocycles. The van der Waals surface area contributed by atoms with Gasteiger partial charge in [-0.05, 0) is 18.2 Å². The van der Waals surface area contributed by atoms with Crippen LogP contribution >= 0.6 is 11.8 Å². The number of hydrogen-bond donors (Lipinski definition) is 1. The highest BCUT2D eigenvalue weighted by Crippen LogP contribution is 2.39. The molecule has 1 N–H and O–H groups in total.